The van der Waals surface area contributed by atoms with Gasteiger partial charge in [-0.05, 0) is 18.2 Å². The molecule has 0 saturated carbocycles. The Bertz CT molecular complexity index is 673. The smallest absolute Gasteiger partial charge is 0.416 e. The number of halogens is 4. The second-order valence-electron chi connectivity index (χ2n) is 3.93. The van der Waals surface area contributed by atoms with Gasteiger partial charge in [0.25, 0.3) is 0 Å². The molecule has 0 fully saturated rings. The molecule has 112 valence electrons. The average molecular weight is 337 g/mol. The first-order valence-corrected chi connectivity index (χ1v) is 6.90. The zero-order valence-corrected chi connectivity index (χ0v) is 11.8. The number of aromatic nitrogens is 2. The highest BCUT2D eigenvalue weighted by Crippen LogP contribution is 2.34. The van der Waals surface area contributed by atoms with Gasteiger partial charge in [0.1, 0.15) is 0 Å². The van der Waals surface area contributed by atoms with Gasteiger partial charge >= 0.3 is 12.1 Å². The van der Waals surface area contributed by atoms with Crippen molar-refractivity contribution in [2.45, 2.75) is 11.3 Å². The SMILES string of the molecule is O=C(O)CSc1nccn1-c1cc(C(F)(F)F)ccc1Cl. The number of benzene rings is 1. The molecule has 0 aliphatic carbocycles. The van der Waals surface area contributed by atoms with E-state index in [0.717, 1.165) is 30.0 Å². The molecule has 0 atom stereocenters. The molecule has 0 aliphatic rings. The Morgan fingerprint density at radius 1 is 1.43 bits per heavy atom. The number of thioether (sulfide) groups is 1. The summed E-state index contributed by atoms with van der Waals surface area (Å²) in [6.45, 7) is 0. The van der Waals surface area contributed by atoms with Crippen molar-refractivity contribution >= 4 is 29.3 Å². The number of carbonyl (C=O) groups is 1. The van der Waals surface area contributed by atoms with Crippen molar-refractivity contribution in [3.05, 3.63) is 41.2 Å². The van der Waals surface area contributed by atoms with E-state index >= 15 is 0 Å². The van der Waals surface area contributed by atoms with Crippen molar-refractivity contribution in [1.82, 2.24) is 9.55 Å². The first-order chi connectivity index (χ1) is 9.79. The molecule has 2 rings (SSSR count). The van der Waals surface area contributed by atoms with Gasteiger partial charge in [0.15, 0.2) is 5.16 Å². The Hall–Kier alpha value is -1.67. The van der Waals surface area contributed by atoms with E-state index in [1.807, 2.05) is 0 Å². The van der Waals surface area contributed by atoms with Crippen molar-refractivity contribution < 1.29 is 23.1 Å². The summed E-state index contributed by atoms with van der Waals surface area (Å²) >= 11 is 6.82. The van der Waals surface area contributed by atoms with Crippen LogP contribution in [0.2, 0.25) is 5.02 Å². The van der Waals surface area contributed by atoms with Gasteiger partial charge in [0.2, 0.25) is 0 Å². The van der Waals surface area contributed by atoms with Crippen molar-refractivity contribution in [1.29, 1.82) is 0 Å². The lowest BCUT2D eigenvalue weighted by Crippen LogP contribution is -2.07. The number of rotatable bonds is 4. The summed E-state index contributed by atoms with van der Waals surface area (Å²) in [5.41, 5.74) is -0.748. The number of alkyl halides is 3. The molecule has 2 aromatic rings. The van der Waals surface area contributed by atoms with Crippen LogP contribution in [0.25, 0.3) is 5.69 Å². The summed E-state index contributed by atoms with van der Waals surface area (Å²) < 4.78 is 39.6. The molecule has 9 heteroatoms. The molecular formula is C12H8ClF3N2O2S. The first-order valence-electron chi connectivity index (χ1n) is 5.54. The van der Waals surface area contributed by atoms with Crippen LogP contribution in [0.1, 0.15) is 5.56 Å². The summed E-state index contributed by atoms with van der Waals surface area (Å²) in [6.07, 6.45) is -1.71. The zero-order valence-electron chi connectivity index (χ0n) is 10.3. The maximum Gasteiger partial charge on any atom is 0.416 e. The monoisotopic (exact) mass is 336 g/mol. The Labute approximate surface area is 126 Å². The highest BCUT2D eigenvalue weighted by molar-refractivity contribution is 7.99. The predicted octanol–water partition coefficient (Wildman–Crippen LogP) is 3.72. The van der Waals surface area contributed by atoms with Gasteiger partial charge in [-0.25, -0.2) is 4.98 Å². The molecule has 4 nitrogen and oxygen atoms in total. The highest BCUT2D eigenvalue weighted by Gasteiger charge is 2.31. The molecular weight excluding hydrogens is 329 g/mol. The van der Waals surface area contributed by atoms with E-state index in [-0.39, 0.29) is 21.6 Å². The normalized spacial score (nSPS) is 11.6. The van der Waals surface area contributed by atoms with Crippen LogP contribution < -0.4 is 0 Å². The maximum absolute atomic E-state index is 12.7. The minimum absolute atomic E-state index is 0.0943. The van der Waals surface area contributed by atoms with E-state index in [1.165, 1.54) is 17.0 Å². The Balaban J connectivity index is 2.42. The van der Waals surface area contributed by atoms with Crippen LogP contribution in [-0.4, -0.2) is 26.4 Å². The number of aliphatic carboxylic acids is 1. The fraction of sp³-hybridized carbons (Fsp3) is 0.167. The number of imidazole rings is 1. The fourth-order valence-corrected chi connectivity index (χ4v) is 2.47. The summed E-state index contributed by atoms with van der Waals surface area (Å²) in [5, 5.41) is 9.00. The summed E-state index contributed by atoms with van der Waals surface area (Å²) in [4.78, 5) is 14.5. The molecule has 1 aromatic carbocycles. The second-order valence-corrected chi connectivity index (χ2v) is 5.28. The number of nitrogens with zero attached hydrogens (tertiary/aromatic N) is 2. The summed E-state index contributed by atoms with van der Waals surface area (Å²) in [6, 6.07) is 2.92. The lowest BCUT2D eigenvalue weighted by molar-refractivity contribution is -0.137. The molecule has 0 spiro atoms. The van der Waals surface area contributed by atoms with Crippen molar-refractivity contribution in [3.63, 3.8) is 0 Å². The molecule has 1 aromatic heterocycles. The van der Waals surface area contributed by atoms with Crippen molar-refractivity contribution in [2.75, 3.05) is 5.75 Å². The van der Waals surface area contributed by atoms with Gasteiger partial charge in [-0.15, -0.1) is 0 Å². The van der Waals surface area contributed by atoms with Crippen LogP contribution in [0.3, 0.4) is 0 Å². The molecule has 0 amide bonds. The van der Waals surface area contributed by atoms with E-state index in [9.17, 15) is 18.0 Å². The van der Waals surface area contributed by atoms with Crippen LogP contribution in [0.5, 0.6) is 0 Å². The Kier molecular flexibility index (Phi) is 4.48. The van der Waals surface area contributed by atoms with E-state index in [2.05, 4.69) is 4.98 Å². The largest absolute Gasteiger partial charge is 0.481 e. The van der Waals surface area contributed by atoms with Gasteiger partial charge in [-0.1, -0.05) is 23.4 Å². The van der Waals surface area contributed by atoms with Crippen LogP contribution in [-0.2, 0) is 11.0 Å². The van der Waals surface area contributed by atoms with Gasteiger partial charge in [0.05, 0.1) is 22.0 Å². The van der Waals surface area contributed by atoms with Crippen molar-refractivity contribution in [3.8, 4) is 5.69 Å². The number of carboxylic acid groups (broad SMARTS) is 1. The lowest BCUT2D eigenvalue weighted by atomic mass is 10.2. The zero-order chi connectivity index (χ0) is 15.6. The second kappa shape index (κ2) is 5.98. The standard InChI is InChI=1S/C12H8ClF3N2O2S/c13-8-2-1-7(12(14,15)16)5-9(8)18-4-3-17-11(18)21-6-10(19)20/h1-5H,6H2,(H,19,20). The molecule has 1 N–H and O–H groups in total. The van der Waals surface area contributed by atoms with Crippen LogP contribution >= 0.6 is 23.4 Å². The lowest BCUT2D eigenvalue weighted by Gasteiger charge is -2.12. The van der Waals surface area contributed by atoms with E-state index in [0.29, 0.717) is 0 Å². The Morgan fingerprint density at radius 3 is 2.76 bits per heavy atom. The predicted molar refractivity (Wildman–Crippen MR) is 71.9 cm³/mol. The third kappa shape index (κ3) is 3.70. The first kappa shape index (κ1) is 15.7. The Morgan fingerprint density at radius 2 is 2.14 bits per heavy atom. The van der Waals surface area contributed by atoms with Crippen molar-refractivity contribution in [2.24, 2.45) is 0 Å². The summed E-state index contributed by atoms with van der Waals surface area (Å²) in [5.74, 6) is -1.31. The van der Waals surface area contributed by atoms with Crippen LogP contribution in [0.15, 0.2) is 35.7 Å². The molecule has 0 radical (unpaired) electrons. The minimum Gasteiger partial charge on any atom is -0.481 e. The highest BCUT2D eigenvalue weighted by atomic mass is 35.5. The molecule has 0 saturated heterocycles. The third-order valence-electron chi connectivity index (χ3n) is 2.46. The van der Waals surface area contributed by atoms with Crippen LogP contribution in [0.4, 0.5) is 13.2 Å². The quantitative estimate of drug-likeness (QED) is 0.865. The maximum atomic E-state index is 12.7. The van der Waals surface area contributed by atoms with Crippen LogP contribution in [0, 0.1) is 0 Å². The molecule has 0 aliphatic heterocycles. The molecule has 0 unspecified atom stereocenters. The number of hydrogen-bond acceptors (Lipinski definition) is 3. The van der Waals surface area contributed by atoms with E-state index < -0.39 is 17.7 Å². The third-order valence-corrected chi connectivity index (χ3v) is 3.74. The average Bonchev–Trinajstić information content (AvgIpc) is 2.83. The van der Waals surface area contributed by atoms with Gasteiger partial charge in [0, 0.05) is 12.4 Å². The fourth-order valence-electron chi connectivity index (χ4n) is 1.58. The molecule has 21 heavy (non-hydrogen) atoms. The van der Waals surface area contributed by atoms with E-state index in [4.69, 9.17) is 16.7 Å². The minimum atomic E-state index is -4.49. The van der Waals surface area contributed by atoms with Gasteiger partial charge in [-0.3, -0.25) is 9.36 Å². The number of hydrogen-bond donors (Lipinski definition) is 1. The summed E-state index contributed by atoms with van der Waals surface area (Å²) in [7, 11) is 0. The van der Waals surface area contributed by atoms with E-state index in [1.54, 1.807) is 0 Å². The molecule has 0 bridgehead atoms. The van der Waals surface area contributed by atoms with Gasteiger partial charge in [-0.2, -0.15) is 13.2 Å². The van der Waals surface area contributed by atoms with Gasteiger partial charge < -0.3 is 5.11 Å². The topological polar surface area (TPSA) is 55.1 Å². The molecule has 1 heterocycles. The number of carboxylic acids is 1.